The van der Waals surface area contributed by atoms with Crippen LogP contribution in [0.5, 0.6) is 5.75 Å². The average Bonchev–Trinajstić information content (AvgIpc) is 2.25. The summed E-state index contributed by atoms with van der Waals surface area (Å²) >= 11 is 4.99. The summed E-state index contributed by atoms with van der Waals surface area (Å²) in [4.78, 5) is 14.2. The molecule has 10 heteroatoms. The maximum atomic E-state index is 12.8. The van der Waals surface area contributed by atoms with E-state index < -0.39 is 47.1 Å². The Bertz CT molecular complexity index is 492. The van der Waals surface area contributed by atoms with Gasteiger partial charge in [0.05, 0.1) is 5.56 Å². The summed E-state index contributed by atoms with van der Waals surface area (Å²) in [6.45, 7) is -0.533. The van der Waals surface area contributed by atoms with Gasteiger partial charge in [0, 0.05) is 18.3 Å². The monoisotopic (exact) mass is 304 g/mol. The lowest BCUT2D eigenvalue weighted by atomic mass is 10.1. The minimum absolute atomic E-state index is 0.422. The summed E-state index contributed by atoms with van der Waals surface area (Å²) in [5.41, 5.74) is 2.35. The smallest absolute Gasteiger partial charge is 0.405 e. The molecule has 0 amide bonds. The first kappa shape index (κ1) is 15.6. The molecule has 0 unspecified atom stereocenters. The molecule has 0 fully saturated rings. The zero-order valence-electron chi connectivity index (χ0n) is 8.97. The Morgan fingerprint density at radius 2 is 2.05 bits per heavy atom. The van der Waals surface area contributed by atoms with E-state index in [1.165, 1.54) is 0 Å². The van der Waals surface area contributed by atoms with Crippen molar-refractivity contribution < 1.29 is 31.5 Å². The van der Waals surface area contributed by atoms with Crippen LogP contribution in [0.1, 0.15) is 28.0 Å². The molecule has 0 aliphatic carbocycles. The van der Waals surface area contributed by atoms with Gasteiger partial charge in [-0.2, -0.15) is 0 Å². The molecule has 1 aromatic rings. The minimum atomic E-state index is -5.22. The van der Waals surface area contributed by atoms with E-state index in [2.05, 4.69) is 9.72 Å². The number of hydrogen-bond acceptors (Lipinski definition) is 4. The Hall–Kier alpha value is -1.48. The molecule has 0 spiro atoms. The maximum Gasteiger partial charge on any atom is 0.573 e. The third-order valence-corrected chi connectivity index (χ3v) is 2.16. The van der Waals surface area contributed by atoms with Gasteiger partial charge < -0.3 is 10.5 Å². The molecule has 106 valence electrons. The van der Waals surface area contributed by atoms with Crippen LogP contribution >= 0.6 is 11.6 Å². The van der Waals surface area contributed by atoms with E-state index in [9.17, 15) is 26.7 Å². The molecular formula is C9H6ClF5N2O2. The highest BCUT2D eigenvalue weighted by Gasteiger charge is 2.36. The number of hydrogen-bond donors (Lipinski definition) is 1. The summed E-state index contributed by atoms with van der Waals surface area (Å²) in [6, 6.07) is 0. The van der Waals surface area contributed by atoms with Crippen LogP contribution in [0, 0.1) is 0 Å². The number of carbonyl (C=O) groups is 1. The lowest BCUT2D eigenvalue weighted by Crippen LogP contribution is -2.21. The van der Waals surface area contributed by atoms with E-state index in [1.807, 2.05) is 0 Å². The van der Waals surface area contributed by atoms with E-state index in [-0.39, 0.29) is 0 Å². The Labute approximate surface area is 108 Å². The highest BCUT2D eigenvalue weighted by molar-refractivity contribution is 6.67. The van der Waals surface area contributed by atoms with Gasteiger partial charge in [-0.25, -0.2) is 8.78 Å². The van der Waals surface area contributed by atoms with Gasteiger partial charge in [-0.1, -0.05) is 0 Å². The van der Waals surface area contributed by atoms with Gasteiger partial charge in [-0.15, -0.1) is 13.2 Å². The number of nitrogens with two attached hydrogens (primary N) is 1. The number of pyridine rings is 1. The molecule has 0 saturated carbocycles. The standard InChI is InChI=1S/C9H6ClF5N2O2/c10-7(18)5-4(8(11)12)6(19-9(13,14)15)3(1-16)2-17-5/h2,8H,1,16H2. The Morgan fingerprint density at radius 3 is 2.42 bits per heavy atom. The normalized spacial score (nSPS) is 11.8. The molecule has 1 rings (SSSR count). The quantitative estimate of drug-likeness (QED) is 0.686. The molecule has 1 aromatic heterocycles. The zero-order valence-corrected chi connectivity index (χ0v) is 9.73. The van der Waals surface area contributed by atoms with Crippen LogP contribution in [0.4, 0.5) is 22.0 Å². The lowest BCUT2D eigenvalue weighted by molar-refractivity contribution is -0.275. The van der Waals surface area contributed by atoms with Crippen LogP contribution in [-0.2, 0) is 6.54 Å². The number of aromatic nitrogens is 1. The Morgan fingerprint density at radius 1 is 1.47 bits per heavy atom. The predicted molar refractivity (Wildman–Crippen MR) is 54.0 cm³/mol. The molecule has 0 aromatic carbocycles. The first-order chi connectivity index (χ1) is 8.67. The molecule has 0 aliphatic rings. The largest absolute Gasteiger partial charge is 0.573 e. The highest BCUT2D eigenvalue weighted by Crippen LogP contribution is 2.37. The Balaban J connectivity index is 3.52. The molecule has 0 saturated heterocycles. The predicted octanol–water partition coefficient (Wildman–Crippen LogP) is 2.76. The molecule has 19 heavy (non-hydrogen) atoms. The second kappa shape index (κ2) is 5.66. The van der Waals surface area contributed by atoms with Crippen molar-refractivity contribution in [1.82, 2.24) is 4.98 Å². The molecule has 0 atom stereocenters. The second-order valence-corrected chi connectivity index (χ2v) is 3.54. The fourth-order valence-electron chi connectivity index (χ4n) is 1.29. The van der Waals surface area contributed by atoms with Crippen molar-refractivity contribution >= 4 is 16.8 Å². The van der Waals surface area contributed by atoms with Gasteiger partial charge in [-0.3, -0.25) is 9.78 Å². The summed E-state index contributed by atoms with van der Waals surface area (Å²) in [7, 11) is 0. The van der Waals surface area contributed by atoms with Crippen LogP contribution in [0.3, 0.4) is 0 Å². The molecule has 2 N–H and O–H groups in total. The van der Waals surface area contributed by atoms with Crippen molar-refractivity contribution in [3.05, 3.63) is 23.0 Å². The van der Waals surface area contributed by atoms with Crippen LogP contribution in [0.15, 0.2) is 6.20 Å². The zero-order chi connectivity index (χ0) is 14.8. The molecule has 0 radical (unpaired) electrons. The SMILES string of the molecule is NCc1cnc(C(=O)Cl)c(C(F)F)c1OC(F)(F)F. The molecule has 4 nitrogen and oxygen atoms in total. The van der Waals surface area contributed by atoms with Gasteiger partial charge in [0.15, 0.2) is 0 Å². The first-order valence-electron chi connectivity index (χ1n) is 4.63. The van der Waals surface area contributed by atoms with Gasteiger partial charge in [0.25, 0.3) is 11.7 Å². The lowest BCUT2D eigenvalue weighted by Gasteiger charge is -2.17. The van der Waals surface area contributed by atoms with E-state index >= 15 is 0 Å². The number of halogens is 6. The van der Waals surface area contributed by atoms with Crippen LogP contribution in [-0.4, -0.2) is 16.6 Å². The highest BCUT2D eigenvalue weighted by atomic mass is 35.5. The van der Waals surface area contributed by atoms with Gasteiger partial charge >= 0.3 is 6.36 Å². The van der Waals surface area contributed by atoms with E-state index in [1.54, 1.807) is 0 Å². The molecule has 0 bridgehead atoms. The number of rotatable bonds is 4. The summed E-state index contributed by atoms with van der Waals surface area (Å²) < 4.78 is 65.7. The van der Waals surface area contributed by atoms with E-state index in [0.717, 1.165) is 6.20 Å². The van der Waals surface area contributed by atoms with Crippen molar-refractivity contribution in [3.8, 4) is 5.75 Å². The third-order valence-electron chi connectivity index (χ3n) is 1.98. The summed E-state index contributed by atoms with van der Waals surface area (Å²) in [5, 5.41) is -1.43. The number of nitrogens with zero attached hydrogens (tertiary/aromatic N) is 1. The van der Waals surface area contributed by atoms with Crippen LogP contribution < -0.4 is 10.5 Å². The fraction of sp³-hybridized carbons (Fsp3) is 0.333. The van der Waals surface area contributed by atoms with E-state index in [0.29, 0.717) is 0 Å². The second-order valence-electron chi connectivity index (χ2n) is 3.20. The topological polar surface area (TPSA) is 65.2 Å². The molecule has 1 heterocycles. The van der Waals surface area contributed by atoms with Crippen LogP contribution in [0.2, 0.25) is 0 Å². The van der Waals surface area contributed by atoms with Crippen LogP contribution in [0.25, 0.3) is 0 Å². The Kier molecular flexibility index (Phi) is 4.64. The third kappa shape index (κ3) is 3.74. The van der Waals surface area contributed by atoms with Gasteiger partial charge in [0.2, 0.25) is 0 Å². The van der Waals surface area contributed by atoms with Crippen molar-refractivity contribution in [2.24, 2.45) is 5.73 Å². The maximum absolute atomic E-state index is 12.8. The van der Waals surface area contributed by atoms with E-state index in [4.69, 9.17) is 17.3 Å². The molecule has 0 aliphatic heterocycles. The average molecular weight is 305 g/mol. The van der Waals surface area contributed by atoms with Crippen molar-refractivity contribution in [3.63, 3.8) is 0 Å². The van der Waals surface area contributed by atoms with Crippen molar-refractivity contribution in [2.75, 3.05) is 0 Å². The minimum Gasteiger partial charge on any atom is -0.405 e. The number of ether oxygens (including phenoxy) is 1. The number of alkyl halides is 5. The van der Waals surface area contributed by atoms with Crippen molar-refractivity contribution in [1.29, 1.82) is 0 Å². The fourth-order valence-corrected chi connectivity index (χ4v) is 1.44. The first-order valence-corrected chi connectivity index (χ1v) is 5.00. The van der Waals surface area contributed by atoms with Gasteiger partial charge in [0.1, 0.15) is 11.4 Å². The van der Waals surface area contributed by atoms with Crippen molar-refractivity contribution in [2.45, 2.75) is 19.3 Å². The molecular weight excluding hydrogens is 299 g/mol. The van der Waals surface area contributed by atoms with Gasteiger partial charge in [-0.05, 0) is 11.6 Å². The number of carbonyl (C=O) groups excluding carboxylic acids is 1. The summed E-state index contributed by atoms with van der Waals surface area (Å²) in [6.07, 6.45) is -7.93. The summed E-state index contributed by atoms with van der Waals surface area (Å²) in [5.74, 6) is -1.25.